The molecule has 0 aliphatic carbocycles. The molecule has 1 unspecified atom stereocenters. The van der Waals surface area contributed by atoms with Crippen molar-refractivity contribution in [1.29, 1.82) is 0 Å². The maximum absolute atomic E-state index is 12.3. The Morgan fingerprint density at radius 1 is 1.27 bits per heavy atom. The van der Waals surface area contributed by atoms with Gasteiger partial charge in [0.05, 0.1) is 11.6 Å². The van der Waals surface area contributed by atoms with Crippen LogP contribution in [0.15, 0.2) is 30.5 Å². The fourth-order valence-electron chi connectivity index (χ4n) is 1.94. The van der Waals surface area contributed by atoms with Gasteiger partial charge < -0.3 is 10.6 Å². The monoisotopic (exact) mass is 361 g/mol. The number of likely N-dealkylation sites (N-methyl/N-ethyl adjacent to an activating group) is 1. The van der Waals surface area contributed by atoms with Crippen LogP contribution in [-0.4, -0.2) is 22.8 Å². The predicted molar refractivity (Wildman–Crippen MR) is 95.9 cm³/mol. The van der Waals surface area contributed by atoms with E-state index in [4.69, 9.17) is 5.73 Å². The fraction of sp³-hybridized carbons (Fsp3) is 0.333. The number of halogens is 2. The first-order valence-electron chi connectivity index (χ1n) is 6.46. The molecule has 2 N–H and O–H groups in total. The van der Waals surface area contributed by atoms with E-state index in [1.807, 2.05) is 38.1 Å². The van der Waals surface area contributed by atoms with Gasteiger partial charge in [0.25, 0.3) is 0 Å². The second-order valence-electron chi connectivity index (χ2n) is 4.93. The molecule has 0 saturated carbocycles. The first kappa shape index (κ1) is 20.9. The molecule has 2 rings (SSSR count). The average Bonchev–Trinajstić information content (AvgIpc) is 2.83. The molecule has 2 aromatic rings. The van der Waals surface area contributed by atoms with Crippen LogP contribution in [0, 0.1) is 13.8 Å². The van der Waals surface area contributed by atoms with E-state index in [1.165, 1.54) is 0 Å². The summed E-state index contributed by atoms with van der Waals surface area (Å²) in [6, 6.07) is 7.13. The van der Waals surface area contributed by atoms with Gasteiger partial charge in [-0.15, -0.1) is 36.2 Å². The summed E-state index contributed by atoms with van der Waals surface area (Å²) < 4.78 is 0. The topological polar surface area (TPSA) is 59.2 Å². The Morgan fingerprint density at radius 2 is 1.86 bits per heavy atom. The number of thiazole rings is 1. The number of benzene rings is 1. The number of aryl methyl sites for hydroxylation is 2. The summed E-state index contributed by atoms with van der Waals surface area (Å²) in [7, 11) is 1.77. The van der Waals surface area contributed by atoms with Gasteiger partial charge in [0.15, 0.2) is 0 Å². The second-order valence-corrected chi connectivity index (χ2v) is 6.25. The zero-order valence-electron chi connectivity index (χ0n) is 12.8. The van der Waals surface area contributed by atoms with Gasteiger partial charge in [0.1, 0.15) is 6.04 Å². The fourth-order valence-corrected chi connectivity index (χ4v) is 2.79. The maximum Gasteiger partial charge on any atom is 0.244 e. The molecule has 0 bridgehead atoms. The number of carbonyl (C=O) groups excluding carboxylic acids is 1. The largest absolute Gasteiger partial charge is 0.339 e. The van der Waals surface area contributed by atoms with Gasteiger partial charge >= 0.3 is 0 Å². The normalized spacial score (nSPS) is 11.1. The highest BCUT2D eigenvalue weighted by molar-refractivity contribution is 7.11. The number of aromatic nitrogens is 1. The van der Waals surface area contributed by atoms with Gasteiger partial charge in [-0.2, -0.15) is 0 Å². The Balaban J connectivity index is 0.00000220. The van der Waals surface area contributed by atoms with Crippen molar-refractivity contribution in [3.63, 3.8) is 0 Å². The molecule has 4 nitrogen and oxygen atoms in total. The highest BCUT2D eigenvalue weighted by Crippen LogP contribution is 2.17. The van der Waals surface area contributed by atoms with Crippen molar-refractivity contribution in [3.05, 3.63) is 51.5 Å². The molecule has 0 aliphatic heterocycles. The van der Waals surface area contributed by atoms with Crippen LogP contribution in [-0.2, 0) is 11.3 Å². The summed E-state index contributed by atoms with van der Waals surface area (Å²) in [5, 5.41) is 1.00. The first-order valence-corrected chi connectivity index (χ1v) is 7.27. The Bertz CT molecular complexity index is 601. The van der Waals surface area contributed by atoms with Gasteiger partial charge in [-0.1, -0.05) is 29.8 Å². The number of rotatable bonds is 4. The lowest BCUT2D eigenvalue weighted by Gasteiger charge is -2.21. The van der Waals surface area contributed by atoms with Crippen molar-refractivity contribution in [2.75, 3.05) is 7.05 Å². The zero-order chi connectivity index (χ0) is 14.7. The molecule has 7 heteroatoms. The Kier molecular flexibility index (Phi) is 8.63. The summed E-state index contributed by atoms with van der Waals surface area (Å²) >= 11 is 1.60. The van der Waals surface area contributed by atoms with E-state index in [2.05, 4.69) is 4.98 Å². The summed E-state index contributed by atoms with van der Waals surface area (Å²) in [5.74, 6) is -0.0834. The van der Waals surface area contributed by atoms with Crippen molar-refractivity contribution < 1.29 is 4.79 Å². The van der Waals surface area contributed by atoms with Crippen molar-refractivity contribution in [3.8, 4) is 0 Å². The Morgan fingerprint density at radius 3 is 2.36 bits per heavy atom. The molecule has 1 amide bonds. The van der Waals surface area contributed by atoms with Crippen molar-refractivity contribution in [2.45, 2.75) is 26.4 Å². The minimum atomic E-state index is -0.616. The molecule has 0 aliphatic rings. The van der Waals surface area contributed by atoms with E-state index in [-0.39, 0.29) is 30.7 Å². The quantitative estimate of drug-likeness (QED) is 0.908. The molecule has 1 heterocycles. The van der Waals surface area contributed by atoms with Gasteiger partial charge in [0, 0.05) is 18.1 Å². The van der Waals surface area contributed by atoms with Crippen LogP contribution < -0.4 is 5.73 Å². The summed E-state index contributed by atoms with van der Waals surface area (Å²) in [5.41, 5.74) is 8.04. The van der Waals surface area contributed by atoms with E-state index >= 15 is 0 Å². The molecule has 22 heavy (non-hydrogen) atoms. The number of amides is 1. The molecule has 1 aromatic carbocycles. The molecule has 0 radical (unpaired) electrons. The molecule has 0 fully saturated rings. The summed E-state index contributed by atoms with van der Waals surface area (Å²) in [4.78, 5) is 19.2. The van der Waals surface area contributed by atoms with E-state index in [0.717, 1.165) is 21.0 Å². The molecule has 1 aromatic heterocycles. The van der Waals surface area contributed by atoms with Gasteiger partial charge in [-0.25, -0.2) is 4.98 Å². The zero-order valence-corrected chi connectivity index (χ0v) is 15.2. The lowest BCUT2D eigenvalue weighted by molar-refractivity contribution is -0.131. The predicted octanol–water partition coefficient (Wildman–Crippen LogP) is 3.26. The standard InChI is InChI=1S/C15H19N3OS.2ClH/c1-10-4-6-12(7-5-10)14(16)15(19)18(3)9-13-8-17-11(2)20-13;;/h4-8,14H,9,16H2,1-3H3;2*1H. The van der Waals surface area contributed by atoms with Crippen LogP contribution in [0.25, 0.3) is 0 Å². The third-order valence-corrected chi connectivity index (χ3v) is 4.04. The highest BCUT2D eigenvalue weighted by atomic mass is 35.5. The SMILES string of the molecule is Cc1ccc(C(N)C(=O)N(C)Cc2cnc(C)s2)cc1.Cl.Cl. The van der Waals surface area contributed by atoms with Crippen molar-refractivity contribution >= 4 is 42.1 Å². The lowest BCUT2D eigenvalue weighted by atomic mass is 10.0. The van der Waals surface area contributed by atoms with E-state index in [1.54, 1.807) is 29.5 Å². The average molecular weight is 362 g/mol. The van der Waals surface area contributed by atoms with Crippen LogP contribution in [0.2, 0.25) is 0 Å². The van der Waals surface area contributed by atoms with Gasteiger partial charge in [-0.05, 0) is 19.4 Å². The molecule has 1 atom stereocenters. The van der Waals surface area contributed by atoms with Crippen LogP contribution in [0.4, 0.5) is 0 Å². The minimum absolute atomic E-state index is 0. The smallest absolute Gasteiger partial charge is 0.244 e. The number of hydrogen-bond acceptors (Lipinski definition) is 4. The van der Waals surface area contributed by atoms with Crippen LogP contribution in [0.1, 0.15) is 27.1 Å². The van der Waals surface area contributed by atoms with E-state index in [0.29, 0.717) is 6.54 Å². The third-order valence-electron chi connectivity index (χ3n) is 3.14. The van der Waals surface area contributed by atoms with E-state index < -0.39 is 6.04 Å². The molecule has 0 saturated heterocycles. The second kappa shape index (κ2) is 9.10. The highest BCUT2D eigenvalue weighted by Gasteiger charge is 2.20. The lowest BCUT2D eigenvalue weighted by Crippen LogP contribution is -2.35. The molecular formula is C15H21Cl2N3OS. The third kappa shape index (κ3) is 5.25. The first-order chi connectivity index (χ1) is 9.47. The number of hydrogen-bond donors (Lipinski definition) is 1. The number of nitrogens with two attached hydrogens (primary N) is 1. The molecular weight excluding hydrogens is 341 g/mol. The molecule has 0 spiro atoms. The van der Waals surface area contributed by atoms with E-state index in [9.17, 15) is 4.79 Å². The van der Waals surface area contributed by atoms with Crippen molar-refractivity contribution in [2.24, 2.45) is 5.73 Å². The maximum atomic E-state index is 12.3. The number of nitrogens with zero attached hydrogens (tertiary/aromatic N) is 2. The minimum Gasteiger partial charge on any atom is -0.339 e. The van der Waals surface area contributed by atoms with Crippen molar-refractivity contribution in [1.82, 2.24) is 9.88 Å². The Labute approximate surface area is 147 Å². The number of carbonyl (C=O) groups is 1. The van der Waals surface area contributed by atoms with Crippen LogP contribution >= 0.6 is 36.2 Å². The van der Waals surface area contributed by atoms with Gasteiger partial charge in [0.2, 0.25) is 5.91 Å². The van der Waals surface area contributed by atoms with Crippen LogP contribution in [0.5, 0.6) is 0 Å². The molecule has 122 valence electrons. The Hall–Kier alpha value is -1.14. The summed E-state index contributed by atoms with van der Waals surface area (Å²) in [6.45, 7) is 4.51. The van der Waals surface area contributed by atoms with Crippen LogP contribution in [0.3, 0.4) is 0 Å². The van der Waals surface area contributed by atoms with Gasteiger partial charge in [-0.3, -0.25) is 4.79 Å². The summed E-state index contributed by atoms with van der Waals surface area (Å²) in [6.07, 6.45) is 1.81.